The Labute approximate surface area is 98.9 Å². The Hall–Kier alpha value is -0.730. The lowest BCUT2D eigenvalue weighted by Gasteiger charge is -2.43. The second-order valence-corrected chi connectivity index (χ2v) is 5.74. The molecule has 1 rings (SSSR count). The van der Waals surface area contributed by atoms with Crippen molar-refractivity contribution in [2.24, 2.45) is 5.41 Å². The highest BCUT2D eigenvalue weighted by Gasteiger charge is 2.37. The van der Waals surface area contributed by atoms with Crippen molar-refractivity contribution in [3.8, 4) is 0 Å². The zero-order valence-corrected chi connectivity index (χ0v) is 11.1. The normalized spacial score (nSPS) is 34.5. The molecule has 1 aliphatic rings. The molecule has 0 unspecified atom stereocenters. The predicted octanol–water partition coefficient (Wildman–Crippen LogP) is 3.48. The van der Waals surface area contributed by atoms with Crippen LogP contribution in [0.25, 0.3) is 0 Å². The SMILES string of the molecule is CCCC1(C)CCC(C)(NC(=O)OC)CC1. The minimum absolute atomic E-state index is 0.0691. The number of carbonyl (C=O) groups excluding carboxylic acids is 1. The molecule has 0 aromatic rings. The summed E-state index contributed by atoms with van der Waals surface area (Å²) in [6.45, 7) is 6.73. The Balaban J connectivity index is 2.49. The summed E-state index contributed by atoms with van der Waals surface area (Å²) in [6, 6.07) is 0. The minimum Gasteiger partial charge on any atom is -0.453 e. The summed E-state index contributed by atoms with van der Waals surface area (Å²) in [6.07, 6.45) is 6.74. The van der Waals surface area contributed by atoms with Gasteiger partial charge in [-0.3, -0.25) is 0 Å². The molecule has 0 atom stereocenters. The first-order chi connectivity index (χ1) is 7.43. The lowest BCUT2D eigenvalue weighted by atomic mass is 9.67. The smallest absolute Gasteiger partial charge is 0.407 e. The van der Waals surface area contributed by atoms with Crippen LogP contribution in [0, 0.1) is 5.41 Å². The van der Waals surface area contributed by atoms with Crippen LogP contribution in [-0.4, -0.2) is 18.7 Å². The highest BCUT2D eigenvalue weighted by Crippen LogP contribution is 2.43. The van der Waals surface area contributed by atoms with Gasteiger partial charge >= 0.3 is 6.09 Å². The van der Waals surface area contributed by atoms with E-state index in [0.29, 0.717) is 5.41 Å². The first kappa shape index (κ1) is 13.3. The number of hydrogen-bond acceptors (Lipinski definition) is 2. The van der Waals surface area contributed by atoms with Crippen molar-refractivity contribution >= 4 is 6.09 Å². The standard InChI is InChI=1S/C13H25NO2/c1-5-6-12(2)7-9-13(3,10-8-12)14-11(15)16-4/h5-10H2,1-4H3,(H,14,15). The van der Waals surface area contributed by atoms with E-state index in [1.165, 1.54) is 32.8 Å². The second kappa shape index (κ2) is 5.07. The van der Waals surface area contributed by atoms with E-state index in [0.717, 1.165) is 12.8 Å². The van der Waals surface area contributed by atoms with E-state index in [9.17, 15) is 4.79 Å². The van der Waals surface area contributed by atoms with Crippen molar-refractivity contribution in [2.45, 2.75) is 64.8 Å². The van der Waals surface area contributed by atoms with E-state index < -0.39 is 0 Å². The zero-order valence-electron chi connectivity index (χ0n) is 11.1. The first-order valence-electron chi connectivity index (χ1n) is 6.29. The van der Waals surface area contributed by atoms with Gasteiger partial charge in [0.2, 0.25) is 0 Å². The number of carbonyl (C=O) groups is 1. The topological polar surface area (TPSA) is 38.3 Å². The molecule has 1 N–H and O–H groups in total. The Morgan fingerprint density at radius 3 is 2.25 bits per heavy atom. The summed E-state index contributed by atoms with van der Waals surface area (Å²) in [5.41, 5.74) is 0.409. The third-order valence-corrected chi connectivity index (χ3v) is 4.00. The summed E-state index contributed by atoms with van der Waals surface area (Å²) < 4.78 is 4.67. The molecule has 1 aliphatic carbocycles. The van der Waals surface area contributed by atoms with Gasteiger partial charge in [0.1, 0.15) is 0 Å². The molecule has 0 radical (unpaired) electrons. The summed E-state index contributed by atoms with van der Waals surface area (Å²) in [5.74, 6) is 0. The zero-order chi connectivity index (χ0) is 12.2. The summed E-state index contributed by atoms with van der Waals surface area (Å²) in [4.78, 5) is 11.2. The van der Waals surface area contributed by atoms with Crippen molar-refractivity contribution in [3.05, 3.63) is 0 Å². The van der Waals surface area contributed by atoms with Crippen molar-refractivity contribution in [1.29, 1.82) is 0 Å². The van der Waals surface area contributed by atoms with E-state index in [1.54, 1.807) is 0 Å². The van der Waals surface area contributed by atoms with Gasteiger partial charge < -0.3 is 10.1 Å². The molecule has 3 nitrogen and oxygen atoms in total. The maximum atomic E-state index is 11.2. The van der Waals surface area contributed by atoms with Crippen molar-refractivity contribution in [3.63, 3.8) is 0 Å². The summed E-state index contributed by atoms with van der Waals surface area (Å²) in [5, 5.41) is 2.96. The van der Waals surface area contributed by atoms with Crippen molar-refractivity contribution < 1.29 is 9.53 Å². The van der Waals surface area contributed by atoms with Gasteiger partial charge in [0.25, 0.3) is 0 Å². The summed E-state index contributed by atoms with van der Waals surface area (Å²) in [7, 11) is 1.42. The second-order valence-electron chi connectivity index (χ2n) is 5.74. The highest BCUT2D eigenvalue weighted by molar-refractivity contribution is 5.68. The quantitative estimate of drug-likeness (QED) is 0.801. The maximum Gasteiger partial charge on any atom is 0.407 e. The van der Waals surface area contributed by atoms with Gasteiger partial charge in [0.05, 0.1) is 7.11 Å². The number of rotatable bonds is 3. The molecular formula is C13H25NO2. The fourth-order valence-corrected chi connectivity index (χ4v) is 2.68. The van der Waals surface area contributed by atoms with Gasteiger partial charge in [0.15, 0.2) is 0 Å². The molecule has 0 aromatic carbocycles. The Bertz CT molecular complexity index is 242. The molecule has 0 heterocycles. The fraction of sp³-hybridized carbons (Fsp3) is 0.923. The van der Waals surface area contributed by atoms with Crippen LogP contribution in [0.4, 0.5) is 4.79 Å². The van der Waals surface area contributed by atoms with Gasteiger partial charge in [-0.15, -0.1) is 0 Å². The fourth-order valence-electron chi connectivity index (χ4n) is 2.68. The maximum absolute atomic E-state index is 11.2. The third kappa shape index (κ3) is 3.39. The minimum atomic E-state index is -0.304. The van der Waals surface area contributed by atoms with Crippen LogP contribution in [0.5, 0.6) is 0 Å². The molecule has 0 aromatic heterocycles. The predicted molar refractivity (Wildman–Crippen MR) is 65.4 cm³/mol. The summed E-state index contributed by atoms with van der Waals surface area (Å²) >= 11 is 0. The van der Waals surface area contributed by atoms with Crippen molar-refractivity contribution in [2.75, 3.05) is 7.11 Å². The number of hydrogen-bond donors (Lipinski definition) is 1. The highest BCUT2D eigenvalue weighted by atomic mass is 16.5. The molecule has 0 saturated heterocycles. The Morgan fingerprint density at radius 1 is 1.25 bits per heavy atom. The number of amides is 1. The van der Waals surface area contributed by atoms with Crippen LogP contribution >= 0.6 is 0 Å². The van der Waals surface area contributed by atoms with Gasteiger partial charge in [-0.25, -0.2) is 4.79 Å². The van der Waals surface area contributed by atoms with Crippen molar-refractivity contribution in [1.82, 2.24) is 5.32 Å². The van der Waals surface area contributed by atoms with E-state index in [4.69, 9.17) is 0 Å². The van der Waals surface area contributed by atoms with E-state index >= 15 is 0 Å². The lowest BCUT2D eigenvalue weighted by Crippen LogP contribution is -2.49. The number of methoxy groups -OCH3 is 1. The molecule has 1 saturated carbocycles. The number of nitrogens with one attached hydrogen (secondary N) is 1. The molecule has 1 amide bonds. The van der Waals surface area contributed by atoms with Gasteiger partial charge in [-0.05, 0) is 44.4 Å². The molecule has 0 bridgehead atoms. The Kier molecular flexibility index (Phi) is 4.22. The average Bonchev–Trinajstić information content (AvgIpc) is 2.24. The molecule has 0 spiro atoms. The van der Waals surface area contributed by atoms with Crippen LogP contribution in [0.1, 0.15) is 59.3 Å². The molecule has 16 heavy (non-hydrogen) atoms. The lowest BCUT2D eigenvalue weighted by molar-refractivity contribution is 0.107. The Morgan fingerprint density at radius 2 is 1.81 bits per heavy atom. The molecule has 1 fully saturated rings. The number of alkyl carbamates (subject to hydrolysis) is 1. The van der Waals surface area contributed by atoms with Crippen LogP contribution in [0.3, 0.4) is 0 Å². The van der Waals surface area contributed by atoms with Crippen LogP contribution in [0.2, 0.25) is 0 Å². The van der Waals surface area contributed by atoms with Gasteiger partial charge in [0, 0.05) is 5.54 Å². The largest absolute Gasteiger partial charge is 0.453 e. The first-order valence-corrected chi connectivity index (χ1v) is 6.29. The van der Waals surface area contributed by atoms with E-state index in [-0.39, 0.29) is 11.6 Å². The van der Waals surface area contributed by atoms with Crippen LogP contribution in [0.15, 0.2) is 0 Å². The van der Waals surface area contributed by atoms with Crippen LogP contribution in [-0.2, 0) is 4.74 Å². The molecule has 94 valence electrons. The molecule has 0 aliphatic heterocycles. The van der Waals surface area contributed by atoms with Gasteiger partial charge in [-0.2, -0.15) is 0 Å². The molecular weight excluding hydrogens is 202 g/mol. The third-order valence-electron chi connectivity index (χ3n) is 4.00. The van der Waals surface area contributed by atoms with Crippen LogP contribution < -0.4 is 5.32 Å². The van der Waals surface area contributed by atoms with E-state index in [2.05, 4.69) is 30.8 Å². The monoisotopic (exact) mass is 227 g/mol. The number of ether oxygens (including phenoxy) is 1. The van der Waals surface area contributed by atoms with E-state index in [1.807, 2.05) is 0 Å². The van der Waals surface area contributed by atoms with Gasteiger partial charge in [-0.1, -0.05) is 20.3 Å². The average molecular weight is 227 g/mol. The molecule has 3 heteroatoms.